The fourth-order valence-corrected chi connectivity index (χ4v) is 0.925. The number of nitro benzene ring substituents is 1. The summed E-state index contributed by atoms with van der Waals surface area (Å²) in [7, 11) is 0. The van der Waals surface area contributed by atoms with E-state index in [2.05, 4.69) is 0 Å². The highest BCUT2D eigenvalue weighted by atomic mass is 35.5. The van der Waals surface area contributed by atoms with Gasteiger partial charge in [-0.25, -0.2) is 4.39 Å². The molecule has 0 atom stereocenters. The molecule has 0 unspecified atom stereocenters. The maximum absolute atomic E-state index is 12.7. The Balaban J connectivity index is 3.56. The van der Waals surface area contributed by atoms with Crippen molar-refractivity contribution in [3.05, 3.63) is 32.8 Å². The van der Waals surface area contributed by atoms with Crippen molar-refractivity contribution in [3.8, 4) is 5.75 Å². The SMILES string of the molecule is O=[N+]([O-])c1c(O)c(Cl)cc(F)c1F. The van der Waals surface area contributed by atoms with E-state index in [1.807, 2.05) is 0 Å². The molecule has 7 heteroatoms. The van der Waals surface area contributed by atoms with E-state index < -0.39 is 33.0 Å². The maximum atomic E-state index is 12.7. The molecule has 0 amide bonds. The van der Waals surface area contributed by atoms with Crippen molar-refractivity contribution in [1.29, 1.82) is 0 Å². The van der Waals surface area contributed by atoms with Crippen molar-refractivity contribution >= 4 is 17.3 Å². The summed E-state index contributed by atoms with van der Waals surface area (Å²) in [5.74, 6) is -4.29. The number of nitro groups is 1. The predicted molar refractivity (Wildman–Crippen MR) is 39.7 cm³/mol. The summed E-state index contributed by atoms with van der Waals surface area (Å²) in [5, 5.41) is 18.4. The second kappa shape index (κ2) is 3.14. The van der Waals surface area contributed by atoms with E-state index in [9.17, 15) is 18.9 Å². The van der Waals surface area contributed by atoms with Gasteiger partial charge >= 0.3 is 5.69 Å². The zero-order valence-electron chi connectivity index (χ0n) is 5.92. The summed E-state index contributed by atoms with van der Waals surface area (Å²) in [5.41, 5.74) is -1.36. The molecular formula is C6H2ClF2NO3. The van der Waals surface area contributed by atoms with Crippen LogP contribution in [0.3, 0.4) is 0 Å². The van der Waals surface area contributed by atoms with Gasteiger partial charge in [-0.2, -0.15) is 4.39 Å². The van der Waals surface area contributed by atoms with Crippen LogP contribution < -0.4 is 0 Å². The lowest BCUT2D eigenvalue weighted by Crippen LogP contribution is -1.96. The fourth-order valence-electron chi connectivity index (χ4n) is 0.740. The first-order chi connectivity index (χ1) is 5.95. The molecule has 1 aromatic carbocycles. The number of rotatable bonds is 1. The van der Waals surface area contributed by atoms with Gasteiger partial charge in [0.2, 0.25) is 11.6 Å². The van der Waals surface area contributed by atoms with Gasteiger partial charge in [-0.15, -0.1) is 0 Å². The highest BCUT2D eigenvalue weighted by molar-refractivity contribution is 6.32. The number of nitrogens with zero attached hydrogens (tertiary/aromatic N) is 1. The van der Waals surface area contributed by atoms with Crippen LogP contribution in [0.2, 0.25) is 5.02 Å². The second-order valence-electron chi connectivity index (χ2n) is 2.11. The van der Waals surface area contributed by atoms with Crippen LogP contribution in [0.4, 0.5) is 14.5 Å². The molecule has 0 saturated heterocycles. The van der Waals surface area contributed by atoms with Crippen LogP contribution in [0.25, 0.3) is 0 Å². The molecule has 0 heterocycles. The van der Waals surface area contributed by atoms with E-state index in [1.54, 1.807) is 0 Å². The zero-order chi connectivity index (χ0) is 10.2. The van der Waals surface area contributed by atoms with Crippen molar-refractivity contribution in [3.63, 3.8) is 0 Å². The molecule has 0 bridgehead atoms. The third-order valence-corrected chi connectivity index (χ3v) is 1.59. The van der Waals surface area contributed by atoms with Gasteiger partial charge in [0.25, 0.3) is 0 Å². The highest BCUT2D eigenvalue weighted by Gasteiger charge is 2.26. The molecule has 1 N–H and O–H groups in total. The number of hydrogen-bond acceptors (Lipinski definition) is 3. The average Bonchev–Trinajstić information content (AvgIpc) is 2.01. The van der Waals surface area contributed by atoms with Crippen LogP contribution in [0, 0.1) is 21.7 Å². The van der Waals surface area contributed by atoms with Crippen LogP contribution in [0.1, 0.15) is 0 Å². The first kappa shape index (κ1) is 9.66. The zero-order valence-corrected chi connectivity index (χ0v) is 6.68. The second-order valence-corrected chi connectivity index (χ2v) is 2.52. The van der Waals surface area contributed by atoms with E-state index >= 15 is 0 Å². The van der Waals surface area contributed by atoms with E-state index in [4.69, 9.17) is 16.7 Å². The van der Waals surface area contributed by atoms with Crippen LogP contribution >= 0.6 is 11.6 Å². The van der Waals surface area contributed by atoms with Gasteiger partial charge in [-0.1, -0.05) is 11.6 Å². The summed E-state index contributed by atoms with van der Waals surface area (Å²) in [6, 6.07) is 0.458. The van der Waals surface area contributed by atoms with E-state index in [0.717, 1.165) is 0 Å². The van der Waals surface area contributed by atoms with Crippen molar-refractivity contribution in [2.45, 2.75) is 0 Å². The number of phenols is 1. The van der Waals surface area contributed by atoms with Crippen LogP contribution in [-0.4, -0.2) is 10.0 Å². The summed E-state index contributed by atoms with van der Waals surface area (Å²) in [6.45, 7) is 0. The normalized spacial score (nSPS) is 10.1. The Hall–Kier alpha value is -1.43. The minimum absolute atomic E-state index is 0.458. The molecule has 0 spiro atoms. The Kier molecular flexibility index (Phi) is 2.33. The Morgan fingerprint density at radius 2 is 2.08 bits per heavy atom. The smallest absolute Gasteiger partial charge is 0.350 e. The lowest BCUT2D eigenvalue weighted by Gasteiger charge is -1.99. The molecule has 0 saturated carbocycles. The highest BCUT2D eigenvalue weighted by Crippen LogP contribution is 2.36. The molecule has 0 aromatic heterocycles. The number of aromatic hydroxyl groups is 1. The molecule has 0 aliphatic carbocycles. The lowest BCUT2D eigenvalue weighted by atomic mass is 10.2. The average molecular weight is 210 g/mol. The van der Waals surface area contributed by atoms with Gasteiger partial charge in [0.15, 0.2) is 5.82 Å². The molecule has 1 rings (SSSR count). The quantitative estimate of drug-likeness (QED) is 0.438. The molecular weight excluding hydrogens is 208 g/mol. The molecule has 70 valence electrons. The number of phenolic OH excluding ortho intramolecular Hbond substituents is 1. The Bertz CT molecular complexity index is 356. The Morgan fingerprint density at radius 1 is 1.54 bits per heavy atom. The molecule has 13 heavy (non-hydrogen) atoms. The third-order valence-electron chi connectivity index (χ3n) is 1.30. The first-order valence-electron chi connectivity index (χ1n) is 2.96. The minimum Gasteiger partial charge on any atom is -0.501 e. The minimum atomic E-state index is -1.73. The molecule has 4 nitrogen and oxygen atoms in total. The van der Waals surface area contributed by atoms with Crippen molar-refractivity contribution in [1.82, 2.24) is 0 Å². The van der Waals surface area contributed by atoms with E-state index in [-0.39, 0.29) is 0 Å². The lowest BCUT2D eigenvalue weighted by molar-refractivity contribution is -0.388. The van der Waals surface area contributed by atoms with E-state index in [0.29, 0.717) is 6.07 Å². The summed E-state index contributed by atoms with van der Waals surface area (Å²) >= 11 is 5.17. The summed E-state index contributed by atoms with van der Waals surface area (Å²) in [6.07, 6.45) is 0. The molecule has 0 radical (unpaired) electrons. The summed E-state index contributed by atoms with van der Waals surface area (Å²) in [4.78, 5) is 8.88. The van der Waals surface area contributed by atoms with Crippen LogP contribution in [0.5, 0.6) is 5.75 Å². The van der Waals surface area contributed by atoms with Gasteiger partial charge in [0, 0.05) is 0 Å². The van der Waals surface area contributed by atoms with Crippen molar-refractivity contribution < 1.29 is 18.8 Å². The van der Waals surface area contributed by atoms with E-state index in [1.165, 1.54) is 0 Å². The molecule has 0 aliphatic rings. The Labute approximate surface area is 75.5 Å². The predicted octanol–water partition coefficient (Wildman–Crippen LogP) is 2.23. The molecule has 0 fully saturated rings. The third kappa shape index (κ3) is 1.52. The van der Waals surface area contributed by atoms with Crippen molar-refractivity contribution in [2.24, 2.45) is 0 Å². The van der Waals surface area contributed by atoms with Gasteiger partial charge < -0.3 is 5.11 Å². The van der Waals surface area contributed by atoms with Crippen LogP contribution in [-0.2, 0) is 0 Å². The van der Waals surface area contributed by atoms with Crippen molar-refractivity contribution in [2.75, 3.05) is 0 Å². The number of benzene rings is 1. The number of hydrogen-bond donors (Lipinski definition) is 1. The topological polar surface area (TPSA) is 63.4 Å². The number of halogens is 3. The van der Waals surface area contributed by atoms with Gasteiger partial charge in [-0.05, 0) is 6.07 Å². The van der Waals surface area contributed by atoms with Crippen LogP contribution in [0.15, 0.2) is 6.07 Å². The van der Waals surface area contributed by atoms with Gasteiger partial charge in [0.1, 0.15) is 0 Å². The fraction of sp³-hybridized carbons (Fsp3) is 0. The largest absolute Gasteiger partial charge is 0.501 e. The first-order valence-corrected chi connectivity index (χ1v) is 3.33. The maximum Gasteiger partial charge on any atom is 0.350 e. The van der Waals surface area contributed by atoms with Gasteiger partial charge in [-0.3, -0.25) is 10.1 Å². The monoisotopic (exact) mass is 209 g/mol. The molecule has 1 aromatic rings. The Morgan fingerprint density at radius 3 is 2.54 bits per heavy atom. The van der Waals surface area contributed by atoms with Gasteiger partial charge in [0.05, 0.1) is 9.95 Å². The molecule has 0 aliphatic heterocycles. The summed E-state index contributed by atoms with van der Waals surface area (Å²) < 4.78 is 25.2. The standard InChI is InChI=1S/C6H2ClF2NO3/c7-2-1-3(8)4(9)5(6(2)11)10(12)13/h1,11H.